The van der Waals surface area contributed by atoms with Gasteiger partial charge in [-0.2, -0.15) is 13.2 Å². The minimum atomic E-state index is -4.27. The second-order valence-electron chi connectivity index (χ2n) is 4.14. The Hall–Kier alpha value is -1.28. The molecule has 0 aromatic heterocycles. The lowest BCUT2D eigenvalue weighted by molar-refractivity contribution is -0.135. The van der Waals surface area contributed by atoms with E-state index in [0.717, 1.165) is 0 Å². The molecule has 0 aliphatic rings. The Morgan fingerprint density at radius 2 is 1.85 bits per heavy atom. The van der Waals surface area contributed by atoms with Gasteiger partial charge in [-0.25, -0.2) is 13.1 Å². The molecule has 0 fully saturated rings. The predicted molar refractivity (Wildman–Crippen MR) is 71.1 cm³/mol. The van der Waals surface area contributed by atoms with Gasteiger partial charge in [0.1, 0.15) is 4.90 Å². The van der Waals surface area contributed by atoms with E-state index < -0.39 is 22.6 Å². The molecule has 0 amide bonds. The molecule has 0 unspecified atom stereocenters. The summed E-state index contributed by atoms with van der Waals surface area (Å²) in [7, 11) is -3.81. The highest BCUT2D eigenvalue weighted by atomic mass is 32.2. The van der Waals surface area contributed by atoms with Crippen LogP contribution in [0, 0.1) is 0 Å². The fourth-order valence-corrected chi connectivity index (χ4v) is 2.87. The number of halogens is 3. The maximum absolute atomic E-state index is 12.0. The Morgan fingerprint density at radius 1 is 1.20 bits per heavy atom. The monoisotopic (exact) mass is 310 g/mol. The van der Waals surface area contributed by atoms with Crippen LogP contribution in [0.2, 0.25) is 0 Å². The molecule has 0 radical (unpaired) electrons. The maximum atomic E-state index is 12.0. The van der Waals surface area contributed by atoms with Crippen LogP contribution in [0.1, 0.15) is 19.8 Å². The number of rotatable bonds is 7. The molecule has 0 heterocycles. The van der Waals surface area contributed by atoms with E-state index in [1.807, 2.05) is 6.92 Å². The lowest BCUT2D eigenvalue weighted by atomic mass is 10.3. The molecule has 114 valence electrons. The lowest BCUT2D eigenvalue weighted by Crippen LogP contribution is -2.26. The van der Waals surface area contributed by atoms with Crippen molar-refractivity contribution in [1.82, 2.24) is 4.72 Å². The third-order valence-corrected chi connectivity index (χ3v) is 3.99. The molecule has 0 aliphatic carbocycles. The van der Waals surface area contributed by atoms with Gasteiger partial charge in [0.2, 0.25) is 10.0 Å². The van der Waals surface area contributed by atoms with E-state index in [4.69, 9.17) is 0 Å². The highest BCUT2D eigenvalue weighted by molar-refractivity contribution is 7.89. The Labute approximate surface area is 116 Å². The summed E-state index contributed by atoms with van der Waals surface area (Å²) in [5.74, 6) is 0. The minimum Gasteiger partial charge on any atom is -0.384 e. The quantitative estimate of drug-likeness (QED) is 0.761. The standard InChI is InChI=1S/C12H17F3N2O2S/c1-2-16-10-6-3-4-7-11(10)20(18,19)17-9-5-8-12(13,14)15/h3-4,6-7,16-17H,2,5,8-9H2,1H3. The average molecular weight is 310 g/mol. The van der Waals surface area contributed by atoms with Crippen molar-refractivity contribution in [1.29, 1.82) is 0 Å². The first-order valence-electron chi connectivity index (χ1n) is 6.15. The summed E-state index contributed by atoms with van der Waals surface area (Å²) in [6, 6.07) is 6.25. The summed E-state index contributed by atoms with van der Waals surface area (Å²) in [5, 5.41) is 2.90. The van der Waals surface area contributed by atoms with Crippen molar-refractivity contribution in [3.05, 3.63) is 24.3 Å². The van der Waals surface area contributed by atoms with Gasteiger partial charge in [0.25, 0.3) is 0 Å². The molecule has 1 aromatic carbocycles. The van der Waals surface area contributed by atoms with Crippen LogP contribution in [0.3, 0.4) is 0 Å². The highest BCUT2D eigenvalue weighted by Gasteiger charge is 2.26. The van der Waals surface area contributed by atoms with Crippen LogP contribution in [0.15, 0.2) is 29.2 Å². The van der Waals surface area contributed by atoms with E-state index in [1.54, 1.807) is 18.2 Å². The number of nitrogens with one attached hydrogen (secondary N) is 2. The van der Waals surface area contributed by atoms with Crippen molar-refractivity contribution in [2.24, 2.45) is 0 Å². The van der Waals surface area contributed by atoms with Crippen LogP contribution in [-0.4, -0.2) is 27.7 Å². The smallest absolute Gasteiger partial charge is 0.384 e. The van der Waals surface area contributed by atoms with Crippen LogP contribution < -0.4 is 10.0 Å². The Bertz CT molecular complexity index is 530. The van der Waals surface area contributed by atoms with Crippen molar-refractivity contribution in [2.75, 3.05) is 18.4 Å². The average Bonchev–Trinajstić information content (AvgIpc) is 2.35. The zero-order valence-corrected chi connectivity index (χ0v) is 11.8. The first-order valence-corrected chi connectivity index (χ1v) is 7.64. The van der Waals surface area contributed by atoms with Crippen molar-refractivity contribution < 1.29 is 21.6 Å². The molecule has 1 aromatic rings. The summed E-state index contributed by atoms with van der Waals surface area (Å²) in [5.41, 5.74) is 0.429. The number of sulfonamides is 1. The molecule has 0 spiro atoms. The number of anilines is 1. The largest absolute Gasteiger partial charge is 0.389 e. The van der Waals surface area contributed by atoms with Crippen LogP contribution in [0.4, 0.5) is 18.9 Å². The van der Waals surface area contributed by atoms with Gasteiger partial charge in [0.05, 0.1) is 5.69 Å². The third kappa shape index (κ3) is 5.38. The molecule has 1 rings (SSSR count). The van der Waals surface area contributed by atoms with E-state index >= 15 is 0 Å². The predicted octanol–water partition coefficient (Wildman–Crippen LogP) is 2.74. The van der Waals surface area contributed by atoms with Gasteiger partial charge in [-0.1, -0.05) is 12.1 Å². The lowest BCUT2D eigenvalue weighted by Gasteiger charge is -2.12. The molecule has 8 heteroatoms. The Balaban J connectivity index is 2.69. The number of alkyl halides is 3. The van der Waals surface area contributed by atoms with E-state index in [1.165, 1.54) is 6.07 Å². The summed E-state index contributed by atoms with van der Waals surface area (Å²) in [6.45, 7) is 2.11. The molecule has 0 saturated heterocycles. The second-order valence-corrected chi connectivity index (χ2v) is 5.88. The molecule has 2 N–H and O–H groups in total. The minimum absolute atomic E-state index is 0.0360. The molecular weight excluding hydrogens is 293 g/mol. The van der Waals surface area contributed by atoms with Gasteiger partial charge in [-0.05, 0) is 25.5 Å². The maximum Gasteiger partial charge on any atom is 0.389 e. The van der Waals surface area contributed by atoms with Gasteiger partial charge in [0, 0.05) is 19.5 Å². The number of benzene rings is 1. The molecule has 0 bridgehead atoms. The van der Waals surface area contributed by atoms with E-state index in [2.05, 4.69) is 10.0 Å². The zero-order valence-electron chi connectivity index (χ0n) is 11.0. The molecule has 20 heavy (non-hydrogen) atoms. The first kappa shape index (κ1) is 16.8. The molecule has 4 nitrogen and oxygen atoms in total. The topological polar surface area (TPSA) is 58.2 Å². The third-order valence-electron chi connectivity index (χ3n) is 2.47. The number of hydrogen-bond acceptors (Lipinski definition) is 3. The SMILES string of the molecule is CCNc1ccccc1S(=O)(=O)NCCCC(F)(F)F. The van der Waals surface area contributed by atoms with Crippen molar-refractivity contribution in [3.8, 4) is 0 Å². The van der Waals surface area contributed by atoms with Gasteiger partial charge < -0.3 is 5.32 Å². The van der Waals surface area contributed by atoms with Gasteiger partial charge in [-0.3, -0.25) is 0 Å². The van der Waals surface area contributed by atoms with E-state index in [-0.39, 0.29) is 17.9 Å². The van der Waals surface area contributed by atoms with Crippen LogP contribution >= 0.6 is 0 Å². The zero-order chi connectivity index (χ0) is 15.2. The molecular formula is C12H17F3N2O2S. The Morgan fingerprint density at radius 3 is 2.45 bits per heavy atom. The van der Waals surface area contributed by atoms with Crippen LogP contribution in [0.25, 0.3) is 0 Å². The van der Waals surface area contributed by atoms with Crippen molar-refractivity contribution >= 4 is 15.7 Å². The number of hydrogen-bond donors (Lipinski definition) is 2. The van der Waals surface area contributed by atoms with Gasteiger partial charge in [0.15, 0.2) is 0 Å². The van der Waals surface area contributed by atoms with E-state index in [0.29, 0.717) is 12.2 Å². The highest BCUT2D eigenvalue weighted by Crippen LogP contribution is 2.22. The first-order chi connectivity index (χ1) is 9.26. The molecule has 0 aliphatic heterocycles. The Kier molecular flexibility index (Phi) is 5.82. The van der Waals surface area contributed by atoms with Crippen LogP contribution in [-0.2, 0) is 10.0 Å². The molecule has 0 saturated carbocycles. The fraction of sp³-hybridized carbons (Fsp3) is 0.500. The van der Waals surface area contributed by atoms with Gasteiger partial charge in [-0.15, -0.1) is 0 Å². The second kappa shape index (κ2) is 6.94. The van der Waals surface area contributed by atoms with Crippen LogP contribution in [0.5, 0.6) is 0 Å². The summed E-state index contributed by atoms with van der Waals surface area (Å²) in [6.07, 6.45) is -5.57. The fourth-order valence-electron chi connectivity index (χ4n) is 1.61. The summed E-state index contributed by atoms with van der Waals surface area (Å²) in [4.78, 5) is 0.0360. The van der Waals surface area contributed by atoms with E-state index in [9.17, 15) is 21.6 Å². The summed E-state index contributed by atoms with van der Waals surface area (Å²) < 4.78 is 62.1. The molecule has 0 atom stereocenters. The van der Waals surface area contributed by atoms with Crippen molar-refractivity contribution in [2.45, 2.75) is 30.8 Å². The van der Waals surface area contributed by atoms with Gasteiger partial charge >= 0.3 is 6.18 Å². The van der Waals surface area contributed by atoms with Crippen molar-refractivity contribution in [3.63, 3.8) is 0 Å². The summed E-state index contributed by atoms with van der Waals surface area (Å²) >= 11 is 0. The normalized spacial score (nSPS) is 12.4. The number of para-hydroxylation sites is 1.